The standard InChI is InChI=1S/C26H36N4OS/c1-7-26(6)16-19-10-8-9-11-20(19)22-21(26)23(31)30-24(29(22)14-12-17(2)3)27-28-25(30)32-15-13-18(4)5/h8-11,17-18H,7,12-16H2,1-6H3/t26-/m1/s1. The Morgan fingerprint density at radius 1 is 1.09 bits per heavy atom. The third-order valence-corrected chi connectivity index (χ3v) is 7.84. The van der Waals surface area contributed by atoms with E-state index in [1.807, 2.05) is 0 Å². The minimum Gasteiger partial charge on any atom is -0.309 e. The molecule has 0 fully saturated rings. The zero-order valence-corrected chi connectivity index (χ0v) is 21.1. The number of hydrogen-bond acceptors (Lipinski definition) is 4. The molecule has 0 spiro atoms. The molecule has 1 aliphatic rings. The van der Waals surface area contributed by atoms with Crippen molar-refractivity contribution in [2.75, 3.05) is 5.75 Å². The normalized spacial score (nSPS) is 17.9. The van der Waals surface area contributed by atoms with Crippen molar-refractivity contribution in [2.24, 2.45) is 11.8 Å². The Morgan fingerprint density at radius 3 is 2.50 bits per heavy atom. The second-order valence-electron chi connectivity index (χ2n) is 10.3. The lowest BCUT2D eigenvalue weighted by molar-refractivity contribution is 0.430. The summed E-state index contributed by atoms with van der Waals surface area (Å²) in [6, 6.07) is 8.57. The molecule has 0 saturated carbocycles. The van der Waals surface area contributed by atoms with Gasteiger partial charge in [-0.05, 0) is 43.1 Å². The van der Waals surface area contributed by atoms with Crippen molar-refractivity contribution in [1.82, 2.24) is 19.2 Å². The van der Waals surface area contributed by atoms with Gasteiger partial charge < -0.3 is 4.57 Å². The molecule has 0 N–H and O–H groups in total. The topological polar surface area (TPSA) is 52.2 Å². The summed E-state index contributed by atoms with van der Waals surface area (Å²) in [5.74, 6) is 2.80. The van der Waals surface area contributed by atoms with Gasteiger partial charge in [-0.15, -0.1) is 10.2 Å². The smallest absolute Gasteiger partial charge is 0.265 e. The first-order valence-corrected chi connectivity index (χ1v) is 13.0. The lowest BCUT2D eigenvalue weighted by atomic mass is 9.69. The number of thioether (sulfide) groups is 1. The predicted octanol–water partition coefficient (Wildman–Crippen LogP) is 5.97. The number of benzene rings is 1. The number of hydrogen-bond donors (Lipinski definition) is 0. The van der Waals surface area contributed by atoms with E-state index in [-0.39, 0.29) is 11.0 Å². The van der Waals surface area contributed by atoms with Gasteiger partial charge in [-0.1, -0.05) is 77.6 Å². The Morgan fingerprint density at radius 2 is 1.81 bits per heavy atom. The van der Waals surface area contributed by atoms with E-state index < -0.39 is 0 Å². The molecule has 0 radical (unpaired) electrons. The van der Waals surface area contributed by atoms with Crippen LogP contribution < -0.4 is 5.56 Å². The number of fused-ring (bicyclic) bond motifs is 4. The van der Waals surface area contributed by atoms with Crippen LogP contribution in [0.2, 0.25) is 0 Å². The lowest BCUT2D eigenvalue weighted by Crippen LogP contribution is -2.39. The summed E-state index contributed by atoms with van der Waals surface area (Å²) in [4.78, 5) is 14.1. The molecule has 2 heterocycles. The van der Waals surface area contributed by atoms with Crippen molar-refractivity contribution >= 4 is 17.5 Å². The molecule has 0 aliphatic heterocycles. The van der Waals surface area contributed by atoms with Crippen molar-refractivity contribution in [3.05, 3.63) is 45.7 Å². The first-order valence-electron chi connectivity index (χ1n) is 12.0. The van der Waals surface area contributed by atoms with Gasteiger partial charge in [0.1, 0.15) is 0 Å². The molecule has 6 heteroatoms. The zero-order chi connectivity index (χ0) is 23.0. The molecule has 4 rings (SSSR count). The number of nitrogens with zero attached hydrogens (tertiary/aromatic N) is 4. The summed E-state index contributed by atoms with van der Waals surface area (Å²) in [7, 11) is 0. The van der Waals surface area contributed by atoms with Crippen LogP contribution in [0.15, 0.2) is 34.2 Å². The van der Waals surface area contributed by atoms with Crippen molar-refractivity contribution < 1.29 is 0 Å². The molecule has 172 valence electrons. The largest absolute Gasteiger partial charge is 0.309 e. The molecule has 1 aliphatic carbocycles. The summed E-state index contributed by atoms with van der Waals surface area (Å²) in [5.41, 5.74) is 4.33. The van der Waals surface area contributed by atoms with Gasteiger partial charge in [-0.25, -0.2) is 4.40 Å². The van der Waals surface area contributed by atoms with E-state index in [4.69, 9.17) is 0 Å². The molecule has 0 unspecified atom stereocenters. The molecule has 0 saturated heterocycles. The van der Waals surface area contributed by atoms with E-state index in [1.54, 1.807) is 16.2 Å². The molecule has 32 heavy (non-hydrogen) atoms. The fourth-order valence-corrected chi connectivity index (χ4v) is 5.85. The fourth-order valence-electron chi connectivity index (χ4n) is 4.68. The second-order valence-corrected chi connectivity index (χ2v) is 11.3. The van der Waals surface area contributed by atoms with Crippen molar-refractivity contribution in [3.8, 4) is 11.3 Å². The molecule has 1 aromatic carbocycles. The summed E-state index contributed by atoms with van der Waals surface area (Å²) in [5, 5.41) is 9.79. The highest BCUT2D eigenvalue weighted by Gasteiger charge is 2.39. The Labute approximate surface area is 195 Å². The van der Waals surface area contributed by atoms with Gasteiger partial charge >= 0.3 is 0 Å². The van der Waals surface area contributed by atoms with Crippen LogP contribution in [0.1, 0.15) is 71.9 Å². The van der Waals surface area contributed by atoms with Gasteiger partial charge in [0.2, 0.25) is 5.78 Å². The van der Waals surface area contributed by atoms with Gasteiger partial charge in [-0.2, -0.15) is 0 Å². The zero-order valence-electron chi connectivity index (χ0n) is 20.3. The third kappa shape index (κ3) is 4.02. The van der Waals surface area contributed by atoms with E-state index in [0.717, 1.165) is 54.4 Å². The van der Waals surface area contributed by atoms with E-state index >= 15 is 0 Å². The Kier molecular flexibility index (Phi) is 6.53. The number of aryl methyl sites for hydroxylation is 1. The quantitative estimate of drug-likeness (QED) is 0.395. The first kappa shape index (κ1) is 23.1. The van der Waals surface area contributed by atoms with Crippen molar-refractivity contribution in [2.45, 2.75) is 84.3 Å². The highest BCUT2D eigenvalue weighted by molar-refractivity contribution is 7.99. The van der Waals surface area contributed by atoms with Gasteiger partial charge in [0.05, 0.1) is 5.69 Å². The minimum atomic E-state index is -0.210. The maximum absolute atomic E-state index is 14.1. The summed E-state index contributed by atoms with van der Waals surface area (Å²) < 4.78 is 4.08. The predicted molar refractivity (Wildman–Crippen MR) is 134 cm³/mol. The molecular weight excluding hydrogens is 416 g/mol. The molecule has 5 nitrogen and oxygen atoms in total. The lowest BCUT2D eigenvalue weighted by Gasteiger charge is -2.37. The highest BCUT2D eigenvalue weighted by atomic mass is 32.2. The SMILES string of the molecule is CC[C@]1(C)Cc2ccccc2-c2c1c(=O)n1c(SCCC(C)C)nnc1n2CCC(C)C. The molecule has 1 atom stereocenters. The highest BCUT2D eigenvalue weighted by Crippen LogP contribution is 2.44. The van der Waals surface area contributed by atoms with E-state index in [2.05, 4.69) is 80.6 Å². The van der Waals surface area contributed by atoms with Gasteiger partial charge in [0.15, 0.2) is 5.16 Å². The van der Waals surface area contributed by atoms with Crippen molar-refractivity contribution in [3.63, 3.8) is 0 Å². The average Bonchev–Trinajstić information content (AvgIpc) is 3.17. The van der Waals surface area contributed by atoms with Crippen LogP contribution in [0, 0.1) is 11.8 Å². The van der Waals surface area contributed by atoms with Crippen LogP contribution in [0.3, 0.4) is 0 Å². The van der Waals surface area contributed by atoms with Crippen LogP contribution in [0.5, 0.6) is 0 Å². The van der Waals surface area contributed by atoms with Gasteiger partial charge in [0.25, 0.3) is 5.56 Å². The molecule has 3 aromatic rings. The van der Waals surface area contributed by atoms with Gasteiger partial charge in [0, 0.05) is 28.8 Å². The van der Waals surface area contributed by atoms with E-state index in [0.29, 0.717) is 17.6 Å². The Bertz CT molecular complexity index is 1180. The number of aromatic nitrogens is 4. The maximum Gasteiger partial charge on any atom is 0.265 e. The monoisotopic (exact) mass is 452 g/mol. The molecule has 0 amide bonds. The van der Waals surface area contributed by atoms with Crippen LogP contribution in [-0.4, -0.2) is 24.9 Å². The van der Waals surface area contributed by atoms with Crippen LogP contribution in [-0.2, 0) is 18.4 Å². The molecular formula is C26H36N4OS. The average molecular weight is 453 g/mol. The van der Waals surface area contributed by atoms with E-state index in [9.17, 15) is 4.79 Å². The van der Waals surface area contributed by atoms with Crippen LogP contribution in [0.4, 0.5) is 0 Å². The van der Waals surface area contributed by atoms with Crippen LogP contribution >= 0.6 is 11.8 Å². The molecule has 0 bridgehead atoms. The summed E-state index contributed by atoms with van der Waals surface area (Å²) in [6.45, 7) is 14.2. The first-order chi connectivity index (χ1) is 15.3. The number of rotatable bonds is 8. The Hall–Kier alpha value is -2.08. The van der Waals surface area contributed by atoms with Gasteiger partial charge in [-0.3, -0.25) is 4.79 Å². The minimum absolute atomic E-state index is 0.0618. The fraction of sp³-hybridized carbons (Fsp3) is 0.577. The summed E-state index contributed by atoms with van der Waals surface area (Å²) >= 11 is 1.65. The maximum atomic E-state index is 14.1. The summed E-state index contributed by atoms with van der Waals surface area (Å²) in [6.07, 6.45) is 3.91. The van der Waals surface area contributed by atoms with Crippen molar-refractivity contribution in [1.29, 1.82) is 0 Å². The third-order valence-electron chi connectivity index (χ3n) is 6.87. The van der Waals surface area contributed by atoms with E-state index in [1.165, 1.54) is 11.1 Å². The second kappa shape index (κ2) is 9.05. The molecule has 2 aromatic heterocycles. The Balaban J connectivity index is 2.01. The van der Waals surface area contributed by atoms with Crippen LogP contribution in [0.25, 0.3) is 17.0 Å².